The van der Waals surface area contributed by atoms with E-state index in [1.165, 1.54) is 30.7 Å². The van der Waals surface area contributed by atoms with Gasteiger partial charge in [0.05, 0.1) is 2.88 Å². The lowest BCUT2D eigenvalue weighted by molar-refractivity contribution is 0.718. The van der Waals surface area contributed by atoms with Gasteiger partial charge in [-0.1, -0.05) is 17.7 Å². The summed E-state index contributed by atoms with van der Waals surface area (Å²) in [5, 5.41) is 2.17. The van der Waals surface area contributed by atoms with Crippen molar-refractivity contribution in [3.05, 3.63) is 54.3 Å². The minimum Gasteiger partial charge on any atom is -0.324 e. The fourth-order valence-electron chi connectivity index (χ4n) is 2.39. The summed E-state index contributed by atoms with van der Waals surface area (Å²) in [5.41, 5.74) is 13.0. The molecule has 18 heavy (non-hydrogen) atoms. The van der Waals surface area contributed by atoms with E-state index in [4.69, 9.17) is 5.73 Å². The highest BCUT2D eigenvalue weighted by molar-refractivity contribution is 14.1. The molecule has 0 aliphatic heterocycles. The summed E-state index contributed by atoms with van der Waals surface area (Å²) in [6.07, 6.45) is 0.921. The molecule has 0 saturated heterocycles. The van der Waals surface area contributed by atoms with E-state index in [0.29, 0.717) is 0 Å². The van der Waals surface area contributed by atoms with Crippen molar-refractivity contribution in [2.24, 2.45) is 5.73 Å². The quantitative estimate of drug-likeness (QED) is 0.789. The van der Waals surface area contributed by atoms with Crippen LogP contribution in [0, 0.1) is 23.7 Å². The highest BCUT2D eigenvalue weighted by Crippen LogP contribution is 2.26. The van der Waals surface area contributed by atoms with Gasteiger partial charge in [-0.05, 0) is 83.5 Å². The zero-order chi connectivity index (χ0) is 13.3. The molecular formula is C15H18INS. The van der Waals surface area contributed by atoms with Crippen LogP contribution < -0.4 is 5.73 Å². The van der Waals surface area contributed by atoms with E-state index < -0.39 is 0 Å². The molecule has 1 atom stereocenters. The number of benzene rings is 1. The third-order valence-corrected chi connectivity index (χ3v) is 5.09. The standard InChI is InChI=1S/C15H18INS/c1-9-4-10(2)13(11(3)5-9)7-14(17)12-6-15(16)18-8-12/h4-6,8,14H,7,17H2,1-3H3. The minimum atomic E-state index is 0.102. The van der Waals surface area contributed by atoms with E-state index in [9.17, 15) is 0 Å². The molecule has 96 valence electrons. The second-order valence-electron chi connectivity index (χ2n) is 4.87. The smallest absolute Gasteiger partial charge is 0.0656 e. The van der Waals surface area contributed by atoms with Gasteiger partial charge in [-0.3, -0.25) is 0 Å². The van der Waals surface area contributed by atoms with Crippen LogP contribution in [0.3, 0.4) is 0 Å². The van der Waals surface area contributed by atoms with Crippen molar-refractivity contribution >= 4 is 33.9 Å². The number of halogens is 1. The molecule has 2 N–H and O–H groups in total. The van der Waals surface area contributed by atoms with Crippen LogP contribution in [0.2, 0.25) is 0 Å². The number of thiophene rings is 1. The van der Waals surface area contributed by atoms with Gasteiger partial charge in [-0.25, -0.2) is 0 Å². The summed E-state index contributed by atoms with van der Waals surface area (Å²) in [6.45, 7) is 6.50. The third-order valence-electron chi connectivity index (χ3n) is 3.28. The third kappa shape index (κ3) is 3.13. The molecule has 0 aliphatic carbocycles. The lowest BCUT2D eigenvalue weighted by Crippen LogP contribution is -2.14. The first-order valence-electron chi connectivity index (χ1n) is 6.03. The fourth-order valence-corrected chi connectivity index (χ4v) is 3.82. The molecule has 1 aromatic heterocycles. The van der Waals surface area contributed by atoms with Crippen LogP contribution in [0.4, 0.5) is 0 Å². The first-order chi connectivity index (χ1) is 8.47. The summed E-state index contributed by atoms with van der Waals surface area (Å²) >= 11 is 4.11. The summed E-state index contributed by atoms with van der Waals surface area (Å²) in [7, 11) is 0. The first kappa shape index (κ1) is 14.0. The summed E-state index contributed by atoms with van der Waals surface area (Å²) in [5.74, 6) is 0. The topological polar surface area (TPSA) is 26.0 Å². The second kappa shape index (κ2) is 5.72. The average molecular weight is 371 g/mol. The monoisotopic (exact) mass is 371 g/mol. The van der Waals surface area contributed by atoms with E-state index in [0.717, 1.165) is 6.42 Å². The summed E-state index contributed by atoms with van der Waals surface area (Å²) in [6, 6.07) is 6.78. The number of hydrogen-bond donors (Lipinski definition) is 1. The Morgan fingerprint density at radius 1 is 1.17 bits per heavy atom. The highest BCUT2D eigenvalue weighted by atomic mass is 127. The molecule has 1 unspecified atom stereocenters. The average Bonchev–Trinajstić information content (AvgIpc) is 2.70. The van der Waals surface area contributed by atoms with Gasteiger partial charge in [-0.15, -0.1) is 11.3 Å². The Morgan fingerprint density at radius 3 is 2.28 bits per heavy atom. The molecule has 0 amide bonds. The Hall–Kier alpha value is -0.390. The molecule has 2 rings (SSSR count). The van der Waals surface area contributed by atoms with Crippen molar-refractivity contribution in [3.63, 3.8) is 0 Å². The van der Waals surface area contributed by atoms with E-state index in [1.54, 1.807) is 11.3 Å². The maximum absolute atomic E-state index is 6.32. The molecule has 1 heterocycles. The molecule has 0 radical (unpaired) electrons. The Morgan fingerprint density at radius 2 is 1.78 bits per heavy atom. The van der Waals surface area contributed by atoms with Crippen LogP contribution in [0.25, 0.3) is 0 Å². The molecule has 0 spiro atoms. The van der Waals surface area contributed by atoms with Crippen LogP contribution in [0.1, 0.15) is 33.9 Å². The van der Waals surface area contributed by atoms with Crippen molar-refractivity contribution < 1.29 is 0 Å². The lowest BCUT2D eigenvalue weighted by atomic mass is 9.93. The van der Waals surface area contributed by atoms with E-state index in [1.807, 2.05) is 0 Å². The van der Waals surface area contributed by atoms with Crippen molar-refractivity contribution in [1.82, 2.24) is 0 Å². The Labute approximate surface area is 127 Å². The number of aryl methyl sites for hydroxylation is 3. The number of rotatable bonds is 3. The van der Waals surface area contributed by atoms with E-state index in [-0.39, 0.29) is 6.04 Å². The molecule has 0 aliphatic rings. The van der Waals surface area contributed by atoms with Gasteiger partial charge in [0.2, 0.25) is 0 Å². The molecule has 0 bridgehead atoms. The van der Waals surface area contributed by atoms with Gasteiger partial charge in [0.25, 0.3) is 0 Å². The van der Waals surface area contributed by atoms with Gasteiger partial charge in [-0.2, -0.15) is 0 Å². The normalized spacial score (nSPS) is 12.7. The lowest BCUT2D eigenvalue weighted by Gasteiger charge is -2.15. The zero-order valence-corrected chi connectivity index (χ0v) is 13.9. The SMILES string of the molecule is Cc1cc(C)c(CC(N)c2csc(I)c2)c(C)c1. The van der Waals surface area contributed by atoms with Crippen LogP contribution in [0.15, 0.2) is 23.6 Å². The molecule has 0 fully saturated rings. The molecule has 0 saturated carbocycles. The largest absolute Gasteiger partial charge is 0.324 e. The van der Waals surface area contributed by atoms with Crippen LogP contribution in [-0.4, -0.2) is 0 Å². The van der Waals surface area contributed by atoms with Gasteiger partial charge < -0.3 is 5.73 Å². The fraction of sp³-hybridized carbons (Fsp3) is 0.333. The molecule has 1 aromatic carbocycles. The van der Waals surface area contributed by atoms with Crippen molar-refractivity contribution in [2.75, 3.05) is 0 Å². The van der Waals surface area contributed by atoms with Crippen molar-refractivity contribution in [2.45, 2.75) is 33.2 Å². The predicted octanol–water partition coefficient (Wildman–Crippen LogP) is 4.52. The zero-order valence-electron chi connectivity index (χ0n) is 11.0. The van der Waals surface area contributed by atoms with Crippen LogP contribution >= 0.6 is 33.9 Å². The van der Waals surface area contributed by atoms with E-state index in [2.05, 4.69) is 66.9 Å². The maximum Gasteiger partial charge on any atom is 0.0656 e. The van der Waals surface area contributed by atoms with Crippen LogP contribution in [0.5, 0.6) is 0 Å². The molecule has 3 heteroatoms. The predicted molar refractivity (Wildman–Crippen MR) is 88.3 cm³/mol. The summed E-state index contributed by atoms with van der Waals surface area (Å²) < 4.78 is 1.30. The molecule has 1 nitrogen and oxygen atoms in total. The van der Waals surface area contributed by atoms with Crippen molar-refractivity contribution in [3.8, 4) is 0 Å². The van der Waals surface area contributed by atoms with Gasteiger partial charge in [0.1, 0.15) is 0 Å². The van der Waals surface area contributed by atoms with E-state index >= 15 is 0 Å². The Kier molecular flexibility index (Phi) is 4.45. The Balaban J connectivity index is 2.24. The Bertz CT molecular complexity index is 536. The first-order valence-corrected chi connectivity index (χ1v) is 7.99. The molecular weight excluding hydrogens is 353 g/mol. The summed E-state index contributed by atoms with van der Waals surface area (Å²) in [4.78, 5) is 0. The van der Waals surface area contributed by atoms with Gasteiger partial charge in [0, 0.05) is 6.04 Å². The van der Waals surface area contributed by atoms with Gasteiger partial charge in [0.15, 0.2) is 0 Å². The van der Waals surface area contributed by atoms with Crippen LogP contribution in [-0.2, 0) is 6.42 Å². The second-order valence-corrected chi connectivity index (χ2v) is 7.68. The number of hydrogen-bond acceptors (Lipinski definition) is 2. The van der Waals surface area contributed by atoms with Gasteiger partial charge >= 0.3 is 0 Å². The number of nitrogens with two attached hydrogens (primary N) is 1. The van der Waals surface area contributed by atoms with Crippen molar-refractivity contribution in [1.29, 1.82) is 0 Å². The molecule has 2 aromatic rings. The maximum atomic E-state index is 6.32. The highest BCUT2D eigenvalue weighted by Gasteiger charge is 2.12. The minimum absolute atomic E-state index is 0.102.